The lowest BCUT2D eigenvalue weighted by atomic mass is 10.1. The zero-order valence-electron chi connectivity index (χ0n) is 13.9. The lowest BCUT2D eigenvalue weighted by molar-refractivity contribution is -0.135. The molecular formula is C18H17N3O5. The Hall–Kier alpha value is -3.68. The van der Waals surface area contributed by atoms with E-state index in [1.807, 2.05) is 0 Å². The third-order valence-corrected chi connectivity index (χ3v) is 3.25. The van der Waals surface area contributed by atoms with Crippen molar-refractivity contribution in [1.29, 1.82) is 0 Å². The third-order valence-electron chi connectivity index (χ3n) is 3.25. The molecule has 0 aromatic heterocycles. The van der Waals surface area contributed by atoms with Gasteiger partial charge in [0.25, 0.3) is 11.8 Å². The van der Waals surface area contributed by atoms with Gasteiger partial charge in [0.1, 0.15) is 6.54 Å². The summed E-state index contributed by atoms with van der Waals surface area (Å²) in [6, 6.07) is 12.5. The van der Waals surface area contributed by atoms with Crippen molar-refractivity contribution in [1.82, 2.24) is 5.32 Å². The van der Waals surface area contributed by atoms with Crippen molar-refractivity contribution in [3.05, 3.63) is 59.7 Å². The first-order valence-electron chi connectivity index (χ1n) is 7.64. The van der Waals surface area contributed by atoms with Crippen LogP contribution in [0.1, 0.15) is 27.6 Å². The second-order valence-corrected chi connectivity index (χ2v) is 5.37. The van der Waals surface area contributed by atoms with Gasteiger partial charge in [-0.3, -0.25) is 19.2 Å². The van der Waals surface area contributed by atoms with Gasteiger partial charge in [0.2, 0.25) is 5.91 Å². The van der Waals surface area contributed by atoms with Crippen LogP contribution in [0.5, 0.6) is 0 Å². The molecule has 0 spiro atoms. The Balaban J connectivity index is 2.02. The van der Waals surface area contributed by atoms with E-state index in [1.54, 1.807) is 24.3 Å². The molecule has 2 aromatic carbocycles. The highest BCUT2D eigenvalue weighted by Crippen LogP contribution is 2.14. The summed E-state index contributed by atoms with van der Waals surface area (Å²) in [7, 11) is 0. The van der Waals surface area contributed by atoms with Crippen molar-refractivity contribution >= 4 is 35.1 Å². The van der Waals surface area contributed by atoms with E-state index in [1.165, 1.54) is 31.2 Å². The van der Waals surface area contributed by atoms with Crippen LogP contribution >= 0.6 is 0 Å². The number of hydrogen-bond donors (Lipinski definition) is 4. The quantitative estimate of drug-likeness (QED) is 0.628. The van der Waals surface area contributed by atoms with Crippen LogP contribution in [0.25, 0.3) is 0 Å². The number of carboxylic acids is 1. The molecule has 0 unspecified atom stereocenters. The number of carboxylic acid groups (broad SMARTS) is 1. The minimum Gasteiger partial charge on any atom is -0.480 e. The highest BCUT2D eigenvalue weighted by molar-refractivity contribution is 6.05. The summed E-state index contributed by atoms with van der Waals surface area (Å²) >= 11 is 0. The molecule has 0 fully saturated rings. The Kier molecular flexibility index (Phi) is 6.05. The van der Waals surface area contributed by atoms with Crippen LogP contribution in [0.2, 0.25) is 0 Å². The number of amides is 3. The molecular weight excluding hydrogens is 338 g/mol. The van der Waals surface area contributed by atoms with Crippen molar-refractivity contribution < 1.29 is 24.3 Å². The smallest absolute Gasteiger partial charge is 0.322 e. The van der Waals surface area contributed by atoms with E-state index in [0.717, 1.165) is 0 Å². The standard InChI is InChI=1S/C18H17N3O5/c1-11(22)20-15-4-2-3-13(9-15)18(26)21-14-7-5-12(6-8-14)17(25)19-10-16(23)24/h2-9H,10H2,1H3,(H,19,25)(H,20,22)(H,21,26)(H,23,24). The number of carbonyl (C=O) groups is 4. The monoisotopic (exact) mass is 355 g/mol. The molecule has 0 aliphatic heterocycles. The van der Waals surface area contributed by atoms with Crippen LogP contribution in [-0.4, -0.2) is 35.3 Å². The number of nitrogens with one attached hydrogen (secondary N) is 3. The van der Waals surface area contributed by atoms with Crippen LogP contribution in [0, 0.1) is 0 Å². The Morgan fingerprint density at radius 3 is 2.15 bits per heavy atom. The predicted molar refractivity (Wildman–Crippen MR) is 95.1 cm³/mol. The lowest BCUT2D eigenvalue weighted by Gasteiger charge is -2.08. The zero-order valence-corrected chi connectivity index (χ0v) is 13.9. The molecule has 0 atom stereocenters. The van der Waals surface area contributed by atoms with E-state index < -0.39 is 18.4 Å². The second-order valence-electron chi connectivity index (χ2n) is 5.37. The van der Waals surface area contributed by atoms with Crippen LogP contribution < -0.4 is 16.0 Å². The lowest BCUT2D eigenvalue weighted by Crippen LogP contribution is -2.29. The fraction of sp³-hybridized carbons (Fsp3) is 0.111. The van der Waals surface area contributed by atoms with Crippen molar-refractivity contribution in [2.24, 2.45) is 0 Å². The molecule has 0 aliphatic carbocycles. The van der Waals surface area contributed by atoms with Gasteiger partial charge in [-0.1, -0.05) is 6.07 Å². The molecule has 3 amide bonds. The van der Waals surface area contributed by atoms with Gasteiger partial charge in [-0.2, -0.15) is 0 Å². The van der Waals surface area contributed by atoms with Gasteiger partial charge < -0.3 is 21.1 Å². The Morgan fingerprint density at radius 1 is 0.846 bits per heavy atom. The Bertz CT molecular complexity index is 846. The van der Waals surface area contributed by atoms with Crippen LogP contribution in [0.3, 0.4) is 0 Å². The first-order valence-corrected chi connectivity index (χ1v) is 7.64. The maximum Gasteiger partial charge on any atom is 0.322 e. The molecule has 0 bridgehead atoms. The fourth-order valence-corrected chi connectivity index (χ4v) is 2.11. The largest absolute Gasteiger partial charge is 0.480 e. The summed E-state index contributed by atoms with van der Waals surface area (Å²) in [6.45, 7) is 0.906. The number of rotatable bonds is 6. The van der Waals surface area contributed by atoms with E-state index in [4.69, 9.17) is 5.11 Å². The Morgan fingerprint density at radius 2 is 1.54 bits per heavy atom. The number of carbonyl (C=O) groups excluding carboxylic acids is 3. The first kappa shape index (κ1) is 18.7. The number of benzene rings is 2. The summed E-state index contributed by atoms with van der Waals surface area (Å²) < 4.78 is 0. The molecule has 0 aliphatic rings. The van der Waals surface area contributed by atoms with E-state index in [2.05, 4.69) is 16.0 Å². The average molecular weight is 355 g/mol. The molecule has 8 nitrogen and oxygen atoms in total. The van der Waals surface area contributed by atoms with Crippen LogP contribution in [0.4, 0.5) is 11.4 Å². The van der Waals surface area contributed by atoms with E-state index >= 15 is 0 Å². The Labute approximate surface area is 149 Å². The maximum absolute atomic E-state index is 12.3. The van der Waals surface area contributed by atoms with Gasteiger partial charge in [-0.25, -0.2) is 0 Å². The summed E-state index contributed by atoms with van der Waals surface area (Å²) in [4.78, 5) is 45.5. The normalized spacial score (nSPS) is 9.88. The van der Waals surface area contributed by atoms with Gasteiger partial charge in [0, 0.05) is 29.4 Å². The maximum atomic E-state index is 12.3. The summed E-state index contributed by atoms with van der Waals surface area (Å²) in [6.07, 6.45) is 0. The first-order chi connectivity index (χ1) is 12.3. The number of hydrogen-bond acceptors (Lipinski definition) is 4. The van der Waals surface area contributed by atoms with Crippen molar-refractivity contribution in [3.8, 4) is 0 Å². The number of aliphatic carboxylic acids is 1. The topological polar surface area (TPSA) is 125 Å². The molecule has 2 rings (SSSR count). The average Bonchev–Trinajstić information content (AvgIpc) is 2.60. The van der Waals surface area contributed by atoms with Crippen molar-refractivity contribution in [2.75, 3.05) is 17.2 Å². The van der Waals surface area contributed by atoms with Gasteiger partial charge >= 0.3 is 5.97 Å². The fourth-order valence-electron chi connectivity index (χ4n) is 2.11. The minimum atomic E-state index is -1.14. The van der Waals surface area contributed by atoms with Crippen LogP contribution in [0.15, 0.2) is 48.5 Å². The molecule has 0 saturated heterocycles. The molecule has 4 N–H and O–H groups in total. The second kappa shape index (κ2) is 8.43. The van der Waals surface area contributed by atoms with Gasteiger partial charge in [-0.15, -0.1) is 0 Å². The van der Waals surface area contributed by atoms with Crippen molar-refractivity contribution in [2.45, 2.75) is 6.92 Å². The van der Waals surface area contributed by atoms with Gasteiger partial charge in [0.15, 0.2) is 0 Å². The highest BCUT2D eigenvalue weighted by atomic mass is 16.4. The van der Waals surface area contributed by atoms with Crippen LogP contribution in [-0.2, 0) is 9.59 Å². The van der Waals surface area contributed by atoms with E-state index in [0.29, 0.717) is 16.9 Å². The van der Waals surface area contributed by atoms with Crippen molar-refractivity contribution in [3.63, 3.8) is 0 Å². The third kappa shape index (κ3) is 5.45. The van der Waals surface area contributed by atoms with E-state index in [9.17, 15) is 19.2 Å². The molecule has 2 aromatic rings. The van der Waals surface area contributed by atoms with E-state index in [-0.39, 0.29) is 17.4 Å². The minimum absolute atomic E-state index is 0.237. The summed E-state index contributed by atoms with van der Waals surface area (Å²) in [5.74, 6) is -2.27. The highest BCUT2D eigenvalue weighted by Gasteiger charge is 2.10. The molecule has 0 heterocycles. The van der Waals surface area contributed by atoms with Gasteiger partial charge in [0.05, 0.1) is 0 Å². The summed E-state index contributed by atoms with van der Waals surface area (Å²) in [5.41, 5.74) is 1.61. The molecule has 0 radical (unpaired) electrons. The zero-order chi connectivity index (χ0) is 19.1. The number of anilines is 2. The molecule has 134 valence electrons. The SMILES string of the molecule is CC(=O)Nc1cccc(C(=O)Nc2ccc(C(=O)NCC(=O)O)cc2)c1. The summed E-state index contributed by atoms with van der Waals surface area (Å²) in [5, 5.41) is 16.1. The molecule has 8 heteroatoms. The van der Waals surface area contributed by atoms with Gasteiger partial charge in [-0.05, 0) is 42.5 Å². The predicted octanol–water partition coefficient (Wildman–Crippen LogP) is 1.71. The molecule has 0 saturated carbocycles. The molecule has 26 heavy (non-hydrogen) atoms.